The van der Waals surface area contributed by atoms with E-state index in [2.05, 4.69) is 52.1 Å². The van der Waals surface area contributed by atoms with Crippen LogP contribution in [0.5, 0.6) is 0 Å². The minimum atomic E-state index is 0.110. The van der Waals surface area contributed by atoms with Crippen LogP contribution in [0.2, 0.25) is 0 Å². The second-order valence-electron chi connectivity index (χ2n) is 7.09. The van der Waals surface area contributed by atoms with Gasteiger partial charge in [-0.3, -0.25) is 4.98 Å². The highest BCUT2D eigenvalue weighted by Gasteiger charge is 2.22. The average molecular weight is 276 g/mol. The normalized spacial score (nSPS) is 19.8. The molecule has 0 spiro atoms. The van der Waals surface area contributed by atoms with Gasteiger partial charge in [-0.1, -0.05) is 19.9 Å². The third-order valence-electron chi connectivity index (χ3n) is 3.78. The van der Waals surface area contributed by atoms with Crippen molar-refractivity contribution in [3.8, 4) is 0 Å². The molecule has 20 heavy (non-hydrogen) atoms. The molecule has 0 aromatic carbocycles. The molecule has 3 heteroatoms. The number of aromatic nitrogens is 1. The molecule has 0 amide bonds. The highest BCUT2D eigenvalue weighted by Crippen LogP contribution is 2.28. The van der Waals surface area contributed by atoms with Gasteiger partial charge in [0.25, 0.3) is 0 Å². The summed E-state index contributed by atoms with van der Waals surface area (Å²) in [7, 11) is 0. The summed E-state index contributed by atoms with van der Waals surface area (Å²) in [5, 5.41) is 3.56. The van der Waals surface area contributed by atoms with Gasteiger partial charge in [0.1, 0.15) is 0 Å². The largest absolute Gasteiger partial charge is 0.381 e. The lowest BCUT2D eigenvalue weighted by molar-refractivity contribution is 0.193. The second-order valence-corrected chi connectivity index (χ2v) is 7.09. The van der Waals surface area contributed by atoms with E-state index in [0.29, 0.717) is 11.8 Å². The molecular formula is C17H28N2O. The zero-order chi connectivity index (χ0) is 14.8. The Balaban J connectivity index is 2.25. The van der Waals surface area contributed by atoms with Gasteiger partial charge in [0, 0.05) is 30.3 Å². The Morgan fingerprint density at radius 3 is 2.65 bits per heavy atom. The highest BCUT2D eigenvalue weighted by atomic mass is 16.5. The summed E-state index contributed by atoms with van der Waals surface area (Å²) in [4.78, 5) is 4.90. The molecule has 1 aromatic heterocycles. The Morgan fingerprint density at radius 1 is 1.35 bits per heavy atom. The van der Waals surface area contributed by atoms with E-state index in [1.54, 1.807) is 0 Å². The van der Waals surface area contributed by atoms with Crippen LogP contribution in [0.15, 0.2) is 12.1 Å². The van der Waals surface area contributed by atoms with Gasteiger partial charge in [-0.25, -0.2) is 0 Å². The van der Waals surface area contributed by atoms with Crippen molar-refractivity contribution < 1.29 is 4.74 Å². The van der Waals surface area contributed by atoms with Gasteiger partial charge in [-0.2, -0.15) is 0 Å². The van der Waals surface area contributed by atoms with Crippen LogP contribution in [0.25, 0.3) is 0 Å². The molecule has 3 nitrogen and oxygen atoms in total. The van der Waals surface area contributed by atoms with Gasteiger partial charge in [-0.05, 0) is 44.7 Å². The monoisotopic (exact) mass is 276 g/mol. The summed E-state index contributed by atoms with van der Waals surface area (Å²) in [5.41, 5.74) is 3.85. The van der Waals surface area contributed by atoms with Gasteiger partial charge < -0.3 is 10.1 Å². The maximum absolute atomic E-state index is 5.54. The molecular weight excluding hydrogens is 248 g/mol. The van der Waals surface area contributed by atoms with Crippen LogP contribution in [0, 0.1) is 0 Å². The first-order valence-electron chi connectivity index (χ1n) is 7.69. The molecule has 1 fully saturated rings. The van der Waals surface area contributed by atoms with Gasteiger partial charge in [0.05, 0.1) is 12.3 Å². The van der Waals surface area contributed by atoms with Crippen LogP contribution in [0.1, 0.15) is 69.8 Å². The molecule has 1 N–H and O–H groups in total. The predicted molar refractivity (Wildman–Crippen MR) is 83.1 cm³/mol. The van der Waals surface area contributed by atoms with Crippen LogP contribution in [0.4, 0.5) is 0 Å². The van der Waals surface area contributed by atoms with Crippen molar-refractivity contribution in [1.82, 2.24) is 10.3 Å². The maximum Gasteiger partial charge on any atom is 0.0580 e. The molecule has 0 bridgehead atoms. The Bertz CT molecular complexity index is 443. The van der Waals surface area contributed by atoms with Gasteiger partial charge >= 0.3 is 0 Å². The van der Waals surface area contributed by atoms with Crippen LogP contribution in [-0.4, -0.2) is 23.7 Å². The molecule has 0 radical (unpaired) electrons. The maximum atomic E-state index is 5.54. The van der Waals surface area contributed by atoms with E-state index in [1.807, 2.05) is 0 Å². The first-order chi connectivity index (χ1) is 9.37. The lowest BCUT2D eigenvalue weighted by Crippen LogP contribution is -2.35. The van der Waals surface area contributed by atoms with E-state index < -0.39 is 0 Å². The third-order valence-corrected chi connectivity index (χ3v) is 3.78. The van der Waals surface area contributed by atoms with Crippen LogP contribution >= 0.6 is 0 Å². The van der Waals surface area contributed by atoms with E-state index in [0.717, 1.165) is 26.2 Å². The molecule has 112 valence electrons. The SMILES string of the molecule is CC(C)c1ccc(C2CCOC2)c(CNC(C)(C)C)n1. The molecule has 1 unspecified atom stereocenters. The molecule has 1 aliphatic rings. The summed E-state index contributed by atoms with van der Waals surface area (Å²) in [6.07, 6.45) is 1.12. The lowest BCUT2D eigenvalue weighted by Gasteiger charge is -2.23. The highest BCUT2D eigenvalue weighted by molar-refractivity contribution is 5.28. The summed E-state index contributed by atoms with van der Waals surface area (Å²) >= 11 is 0. The molecule has 1 atom stereocenters. The minimum absolute atomic E-state index is 0.110. The summed E-state index contributed by atoms with van der Waals surface area (Å²) < 4.78 is 5.54. The number of hydrogen-bond acceptors (Lipinski definition) is 3. The Labute approximate surface area is 123 Å². The number of nitrogens with one attached hydrogen (secondary N) is 1. The fourth-order valence-corrected chi connectivity index (χ4v) is 2.49. The third kappa shape index (κ3) is 4.03. The van der Waals surface area contributed by atoms with Crippen molar-refractivity contribution in [2.24, 2.45) is 0 Å². The van der Waals surface area contributed by atoms with Crippen molar-refractivity contribution in [2.75, 3.05) is 13.2 Å². The summed E-state index contributed by atoms with van der Waals surface area (Å²) in [5.74, 6) is 0.984. The van der Waals surface area contributed by atoms with Crippen molar-refractivity contribution in [3.63, 3.8) is 0 Å². The van der Waals surface area contributed by atoms with E-state index in [9.17, 15) is 0 Å². The van der Waals surface area contributed by atoms with E-state index in [4.69, 9.17) is 9.72 Å². The van der Waals surface area contributed by atoms with Crippen molar-refractivity contribution in [3.05, 3.63) is 29.1 Å². The van der Waals surface area contributed by atoms with Gasteiger partial charge in [0.2, 0.25) is 0 Å². The fraction of sp³-hybridized carbons (Fsp3) is 0.706. The second kappa shape index (κ2) is 6.23. The number of nitrogens with zero attached hydrogens (tertiary/aromatic N) is 1. The number of hydrogen-bond donors (Lipinski definition) is 1. The summed E-state index contributed by atoms with van der Waals surface area (Å²) in [6.45, 7) is 13.5. The summed E-state index contributed by atoms with van der Waals surface area (Å²) in [6, 6.07) is 4.44. The molecule has 1 aromatic rings. The first kappa shape index (κ1) is 15.5. The predicted octanol–water partition coefficient (Wildman–Crippen LogP) is 3.60. The number of pyridine rings is 1. The minimum Gasteiger partial charge on any atom is -0.381 e. The Kier molecular flexibility index (Phi) is 4.82. The van der Waals surface area contributed by atoms with Crippen molar-refractivity contribution in [2.45, 2.75) is 65.0 Å². The Morgan fingerprint density at radius 2 is 2.10 bits per heavy atom. The smallest absolute Gasteiger partial charge is 0.0580 e. The van der Waals surface area contributed by atoms with Crippen LogP contribution < -0.4 is 5.32 Å². The van der Waals surface area contributed by atoms with E-state index in [1.165, 1.54) is 17.0 Å². The topological polar surface area (TPSA) is 34.1 Å². The quantitative estimate of drug-likeness (QED) is 0.912. The van der Waals surface area contributed by atoms with Crippen molar-refractivity contribution in [1.29, 1.82) is 0 Å². The molecule has 2 rings (SSSR count). The standard InChI is InChI=1S/C17H28N2O/c1-12(2)15-7-6-14(13-8-9-20-11-13)16(19-15)10-18-17(3,4)5/h6-7,12-13,18H,8-11H2,1-5H3. The lowest BCUT2D eigenvalue weighted by atomic mass is 9.95. The molecule has 0 saturated carbocycles. The fourth-order valence-electron chi connectivity index (χ4n) is 2.49. The zero-order valence-corrected chi connectivity index (χ0v) is 13.5. The number of rotatable bonds is 4. The van der Waals surface area contributed by atoms with Gasteiger partial charge in [-0.15, -0.1) is 0 Å². The Hall–Kier alpha value is -0.930. The number of ether oxygens (including phenoxy) is 1. The molecule has 1 saturated heterocycles. The van der Waals surface area contributed by atoms with Crippen LogP contribution in [-0.2, 0) is 11.3 Å². The first-order valence-corrected chi connectivity index (χ1v) is 7.69. The van der Waals surface area contributed by atoms with Crippen LogP contribution in [0.3, 0.4) is 0 Å². The van der Waals surface area contributed by atoms with E-state index >= 15 is 0 Å². The molecule has 0 aliphatic carbocycles. The molecule has 2 heterocycles. The van der Waals surface area contributed by atoms with E-state index in [-0.39, 0.29) is 5.54 Å². The van der Waals surface area contributed by atoms with Gasteiger partial charge in [0.15, 0.2) is 0 Å². The average Bonchev–Trinajstić information content (AvgIpc) is 2.88. The molecule has 1 aliphatic heterocycles. The zero-order valence-electron chi connectivity index (χ0n) is 13.5. The van der Waals surface area contributed by atoms with Crippen molar-refractivity contribution >= 4 is 0 Å².